The van der Waals surface area contributed by atoms with Gasteiger partial charge in [-0.1, -0.05) is 11.6 Å². The van der Waals surface area contributed by atoms with Crippen LogP contribution in [0.4, 0.5) is 4.39 Å². The Kier molecular flexibility index (Phi) is 6.25. The Balaban J connectivity index is 1.39. The molecule has 10 heteroatoms. The van der Waals surface area contributed by atoms with E-state index < -0.39 is 5.82 Å². The molecule has 3 heterocycles. The van der Waals surface area contributed by atoms with Crippen molar-refractivity contribution in [3.05, 3.63) is 61.8 Å². The SMILES string of the molecule is Cc1nn(C)c2[nH]c(=O)c(CCC(=O)N3CCN(C(=O)c4ccc(F)cc4Cl)CC3)c(C)c12. The molecule has 1 saturated heterocycles. The average molecular weight is 474 g/mol. The highest BCUT2D eigenvalue weighted by Crippen LogP contribution is 2.22. The van der Waals surface area contributed by atoms with Gasteiger partial charge in [-0.05, 0) is 44.0 Å². The van der Waals surface area contributed by atoms with Gasteiger partial charge in [0.15, 0.2) is 0 Å². The third-order valence-electron chi connectivity index (χ3n) is 6.23. The molecule has 0 radical (unpaired) electrons. The van der Waals surface area contributed by atoms with Crippen molar-refractivity contribution in [1.29, 1.82) is 0 Å². The number of fused-ring (bicyclic) bond motifs is 1. The number of piperazine rings is 1. The van der Waals surface area contributed by atoms with Gasteiger partial charge in [0.2, 0.25) is 5.91 Å². The van der Waals surface area contributed by atoms with E-state index in [1.54, 1.807) is 21.5 Å². The lowest BCUT2D eigenvalue weighted by Crippen LogP contribution is -2.50. The van der Waals surface area contributed by atoms with Gasteiger partial charge in [0.05, 0.1) is 16.3 Å². The summed E-state index contributed by atoms with van der Waals surface area (Å²) in [6, 6.07) is 3.69. The largest absolute Gasteiger partial charge is 0.339 e. The Morgan fingerprint density at radius 1 is 1.15 bits per heavy atom. The number of H-pyrrole nitrogens is 1. The highest BCUT2D eigenvalue weighted by molar-refractivity contribution is 6.33. The molecule has 2 amide bonds. The van der Waals surface area contributed by atoms with Gasteiger partial charge in [-0.3, -0.25) is 19.1 Å². The molecule has 0 aliphatic carbocycles. The summed E-state index contributed by atoms with van der Waals surface area (Å²) < 4.78 is 14.9. The van der Waals surface area contributed by atoms with Crippen LogP contribution in [0.2, 0.25) is 5.02 Å². The van der Waals surface area contributed by atoms with Crippen LogP contribution < -0.4 is 5.56 Å². The van der Waals surface area contributed by atoms with Crippen molar-refractivity contribution in [1.82, 2.24) is 24.6 Å². The molecule has 1 aliphatic heterocycles. The summed E-state index contributed by atoms with van der Waals surface area (Å²) in [5.41, 5.74) is 2.98. The predicted octanol–water partition coefficient (Wildman–Crippen LogP) is 2.59. The molecule has 8 nitrogen and oxygen atoms in total. The minimum absolute atomic E-state index is 0.0660. The van der Waals surface area contributed by atoms with Gasteiger partial charge in [0.25, 0.3) is 11.5 Å². The normalized spacial score (nSPS) is 14.2. The first-order chi connectivity index (χ1) is 15.7. The molecule has 174 valence electrons. The van der Waals surface area contributed by atoms with Crippen molar-refractivity contribution in [3.63, 3.8) is 0 Å². The summed E-state index contributed by atoms with van der Waals surface area (Å²) in [6.07, 6.45) is 0.529. The van der Waals surface area contributed by atoms with Crippen LogP contribution in [0.25, 0.3) is 11.0 Å². The second-order valence-electron chi connectivity index (χ2n) is 8.29. The van der Waals surface area contributed by atoms with Crippen LogP contribution in [-0.4, -0.2) is 62.6 Å². The van der Waals surface area contributed by atoms with Crippen molar-refractivity contribution in [2.24, 2.45) is 7.05 Å². The molecule has 1 aromatic carbocycles. The minimum Gasteiger partial charge on any atom is -0.339 e. The van der Waals surface area contributed by atoms with Crippen LogP contribution in [0.5, 0.6) is 0 Å². The number of pyridine rings is 1. The molecule has 0 unspecified atom stereocenters. The third kappa shape index (κ3) is 4.37. The number of hydrogen-bond donors (Lipinski definition) is 1. The van der Waals surface area contributed by atoms with Crippen LogP contribution in [-0.2, 0) is 18.3 Å². The van der Waals surface area contributed by atoms with E-state index in [-0.39, 0.29) is 34.4 Å². The van der Waals surface area contributed by atoms with Crippen LogP contribution >= 0.6 is 11.6 Å². The second kappa shape index (κ2) is 8.97. The quantitative estimate of drug-likeness (QED) is 0.630. The van der Waals surface area contributed by atoms with E-state index >= 15 is 0 Å². The molecule has 33 heavy (non-hydrogen) atoms. The van der Waals surface area contributed by atoms with Gasteiger partial charge in [0.1, 0.15) is 11.5 Å². The van der Waals surface area contributed by atoms with Gasteiger partial charge in [-0.2, -0.15) is 5.10 Å². The van der Waals surface area contributed by atoms with E-state index in [1.165, 1.54) is 12.1 Å². The van der Waals surface area contributed by atoms with Gasteiger partial charge in [-0.25, -0.2) is 4.39 Å². The number of carbonyl (C=O) groups is 2. The zero-order chi connectivity index (χ0) is 23.9. The number of benzene rings is 1. The lowest BCUT2D eigenvalue weighted by molar-refractivity contribution is -0.132. The van der Waals surface area contributed by atoms with E-state index in [0.29, 0.717) is 43.8 Å². The third-order valence-corrected chi connectivity index (χ3v) is 6.54. The Labute approximate surface area is 194 Å². The molecule has 0 bridgehead atoms. The van der Waals surface area contributed by atoms with Crippen molar-refractivity contribution in [3.8, 4) is 0 Å². The topological polar surface area (TPSA) is 91.3 Å². The Morgan fingerprint density at radius 2 is 1.82 bits per heavy atom. The monoisotopic (exact) mass is 473 g/mol. The lowest BCUT2D eigenvalue weighted by atomic mass is 10.0. The summed E-state index contributed by atoms with van der Waals surface area (Å²) in [5, 5.41) is 5.34. The van der Waals surface area contributed by atoms with Gasteiger partial charge in [-0.15, -0.1) is 0 Å². The zero-order valence-electron chi connectivity index (χ0n) is 18.7. The number of aromatic amines is 1. The van der Waals surface area contributed by atoms with E-state index in [1.807, 2.05) is 13.8 Å². The number of halogens is 2. The van der Waals surface area contributed by atoms with E-state index in [0.717, 1.165) is 22.7 Å². The fourth-order valence-corrected chi connectivity index (χ4v) is 4.69. The minimum atomic E-state index is -0.501. The van der Waals surface area contributed by atoms with Crippen LogP contribution in [0.3, 0.4) is 0 Å². The second-order valence-corrected chi connectivity index (χ2v) is 8.69. The number of aryl methyl sites for hydroxylation is 3. The number of carbonyl (C=O) groups excluding carboxylic acids is 2. The van der Waals surface area contributed by atoms with Crippen molar-refractivity contribution >= 4 is 34.4 Å². The maximum absolute atomic E-state index is 13.3. The summed E-state index contributed by atoms with van der Waals surface area (Å²) in [6.45, 7) is 5.27. The highest BCUT2D eigenvalue weighted by atomic mass is 35.5. The summed E-state index contributed by atoms with van der Waals surface area (Å²) in [5.74, 6) is -0.850. The number of amides is 2. The lowest BCUT2D eigenvalue weighted by Gasteiger charge is -2.35. The number of nitrogens with one attached hydrogen (secondary N) is 1. The Morgan fingerprint density at radius 3 is 2.48 bits per heavy atom. The fraction of sp³-hybridized carbons (Fsp3) is 0.391. The molecule has 1 aliphatic rings. The first-order valence-corrected chi connectivity index (χ1v) is 11.1. The Bertz CT molecular complexity index is 1310. The molecule has 1 N–H and O–H groups in total. The van der Waals surface area contributed by atoms with Crippen molar-refractivity contribution in [2.45, 2.75) is 26.7 Å². The van der Waals surface area contributed by atoms with E-state index in [4.69, 9.17) is 11.6 Å². The smallest absolute Gasteiger partial charge is 0.255 e. The van der Waals surface area contributed by atoms with Crippen molar-refractivity contribution in [2.75, 3.05) is 26.2 Å². The van der Waals surface area contributed by atoms with E-state index in [2.05, 4.69) is 10.1 Å². The zero-order valence-corrected chi connectivity index (χ0v) is 19.5. The van der Waals surface area contributed by atoms with Crippen LogP contribution in [0.1, 0.15) is 33.6 Å². The molecule has 0 atom stereocenters. The van der Waals surface area contributed by atoms with E-state index in [9.17, 15) is 18.8 Å². The van der Waals surface area contributed by atoms with Gasteiger partial charge >= 0.3 is 0 Å². The van der Waals surface area contributed by atoms with Crippen molar-refractivity contribution < 1.29 is 14.0 Å². The molecule has 0 saturated carbocycles. The number of rotatable bonds is 4. The predicted molar refractivity (Wildman–Crippen MR) is 123 cm³/mol. The fourth-order valence-electron chi connectivity index (χ4n) is 4.44. The molecule has 4 rings (SSSR count). The average Bonchev–Trinajstić information content (AvgIpc) is 3.06. The summed E-state index contributed by atoms with van der Waals surface area (Å²) in [7, 11) is 1.78. The standard InChI is InChI=1S/C23H25ClFN5O3/c1-13-16(22(32)26-21-20(13)14(2)27-28(21)3)6-7-19(31)29-8-10-30(11-9-29)23(33)17-5-4-15(25)12-18(17)24/h4-5,12H,6-11H2,1-3H3,(H,26,32). The number of nitrogens with zero attached hydrogens (tertiary/aromatic N) is 4. The first kappa shape index (κ1) is 23.0. The Hall–Kier alpha value is -3.20. The number of aromatic nitrogens is 3. The highest BCUT2D eigenvalue weighted by Gasteiger charge is 2.26. The van der Waals surface area contributed by atoms with Gasteiger partial charge in [0, 0.05) is 50.6 Å². The molecular weight excluding hydrogens is 449 g/mol. The molecular formula is C23H25ClFN5O3. The van der Waals surface area contributed by atoms with Crippen LogP contribution in [0, 0.1) is 19.7 Å². The molecule has 1 fully saturated rings. The van der Waals surface area contributed by atoms with Gasteiger partial charge < -0.3 is 14.8 Å². The maximum atomic E-state index is 13.3. The summed E-state index contributed by atoms with van der Waals surface area (Å²) in [4.78, 5) is 44.3. The molecule has 0 spiro atoms. The number of hydrogen-bond acceptors (Lipinski definition) is 4. The molecule has 2 aromatic heterocycles. The molecule has 3 aromatic rings. The summed E-state index contributed by atoms with van der Waals surface area (Å²) >= 11 is 6.01. The first-order valence-electron chi connectivity index (χ1n) is 10.7. The van der Waals surface area contributed by atoms with Crippen LogP contribution in [0.15, 0.2) is 23.0 Å². The maximum Gasteiger partial charge on any atom is 0.255 e.